The Kier molecular flexibility index (Phi) is 8.09. The quantitative estimate of drug-likeness (QED) is 0.326. The van der Waals surface area contributed by atoms with Gasteiger partial charge in [-0.1, -0.05) is 55.5 Å². The molecule has 198 valence electrons. The highest BCUT2D eigenvalue weighted by atomic mass is 19.1. The molecule has 0 amide bonds. The smallest absolute Gasteiger partial charge is 0.335 e. The van der Waals surface area contributed by atoms with Gasteiger partial charge >= 0.3 is 5.97 Å². The van der Waals surface area contributed by atoms with Crippen molar-refractivity contribution in [1.82, 2.24) is 4.90 Å². The van der Waals surface area contributed by atoms with Gasteiger partial charge in [-0.25, -0.2) is 4.79 Å². The highest BCUT2D eigenvalue weighted by molar-refractivity contribution is 6.01. The number of carboxylic acid groups (broad SMARTS) is 1. The third-order valence-electron chi connectivity index (χ3n) is 8.23. The maximum absolute atomic E-state index is 12.5. The Morgan fingerprint density at radius 1 is 0.974 bits per heavy atom. The summed E-state index contributed by atoms with van der Waals surface area (Å²) < 4.78 is 12.5. The van der Waals surface area contributed by atoms with Gasteiger partial charge < -0.3 is 10.0 Å². The van der Waals surface area contributed by atoms with E-state index in [2.05, 4.69) is 61.2 Å². The summed E-state index contributed by atoms with van der Waals surface area (Å²) in [6, 6.07) is 21.5. The summed E-state index contributed by atoms with van der Waals surface area (Å²) in [5, 5.41) is 9.61. The van der Waals surface area contributed by atoms with Crippen LogP contribution < -0.4 is 0 Å². The molecular formula is C34H38FNO2. The molecule has 0 saturated carbocycles. The Bertz CT molecular complexity index is 1340. The van der Waals surface area contributed by atoms with Crippen LogP contribution in [0.1, 0.15) is 75.5 Å². The lowest BCUT2D eigenvalue weighted by molar-refractivity contribution is 0.0696. The van der Waals surface area contributed by atoms with Gasteiger partial charge in [0.25, 0.3) is 0 Å². The molecule has 3 aromatic carbocycles. The van der Waals surface area contributed by atoms with Crippen molar-refractivity contribution in [3.8, 4) is 0 Å². The minimum Gasteiger partial charge on any atom is -0.478 e. The standard InChI is InChI=1S/C34H38FNO2/c1-3-24-10-14-30(23(2)18-24)32-7-4-6-28-20-29(34(37)38)13-15-31(28)33(32)27-11-8-25(9-12-27)19-26-21-36(22-26)17-5-16-35/h8-15,18,20,26H,3-7,16-17,19,21-22H2,1-2H3,(H,37,38). The molecule has 4 heteroatoms. The van der Waals surface area contributed by atoms with Crippen LogP contribution in [-0.4, -0.2) is 42.3 Å². The van der Waals surface area contributed by atoms with Gasteiger partial charge in [0.15, 0.2) is 0 Å². The van der Waals surface area contributed by atoms with E-state index in [9.17, 15) is 14.3 Å². The number of hydrogen-bond donors (Lipinski definition) is 1. The van der Waals surface area contributed by atoms with Crippen LogP contribution >= 0.6 is 0 Å². The third kappa shape index (κ3) is 5.61. The minimum absolute atomic E-state index is 0.233. The lowest BCUT2D eigenvalue weighted by atomic mass is 9.85. The number of likely N-dealkylation sites (tertiary alicyclic amines) is 1. The van der Waals surface area contributed by atoms with E-state index < -0.39 is 5.97 Å². The summed E-state index contributed by atoms with van der Waals surface area (Å²) in [7, 11) is 0. The summed E-state index contributed by atoms with van der Waals surface area (Å²) in [6.45, 7) is 7.14. The predicted molar refractivity (Wildman–Crippen MR) is 153 cm³/mol. The SMILES string of the molecule is CCc1ccc(C2=C(c3ccc(CC4CN(CCCF)C4)cc3)c3ccc(C(=O)O)cc3CCC2)c(C)c1. The lowest BCUT2D eigenvalue weighted by Gasteiger charge is -2.39. The van der Waals surface area contributed by atoms with Crippen LogP contribution in [0.3, 0.4) is 0 Å². The molecule has 3 nitrogen and oxygen atoms in total. The Hall–Kier alpha value is -3.24. The number of halogens is 1. The molecule has 0 unspecified atom stereocenters. The van der Waals surface area contributed by atoms with Crippen LogP contribution in [0.4, 0.5) is 4.39 Å². The molecule has 2 aliphatic rings. The number of aromatic carboxylic acids is 1. The number of allylic oxidation sites excluding steroid dienone is 1. The van der Waals surface area contributed by atoms with Crippen LogP contribution in [0.5, 0.6) is 0 Å². The second kappa shape index (κ2) is 11.7. The number of hydrogen-bond acceptors (Lipinski definition) is 2. The van der Waals surface area contributed by atoms with E-state index in [-0.39, 0.29) is 6.67 Å². The molecule has 1 N–H and O–H groups in total. The molecule has 0 spiro atoms. The van der Waals surface area contributed by atoms with Crippen molar-refractivity contribution in [2.45, 2.75) is 52.4 Å². The van der Waals surface area contributed by atoms with Crippen LogP contribution in [0, 0.1) is 12.8 Å². The van der Waals surface area contributed by atoms with Gasteiger partial charge in [-0.15, -0.1) is 0 Å². The molecule has 1 heterocycles. The Balaban J connectivity index is 1.51. The number of carboxylic acids is 1. The first-order chi connectivity index (χ1) is 18.5. The zero-order chi connectivity index (χ0) is 26.6. The molecule has 0 atom stereocenters. The molecular weight excluding hydrogens is 473 g/mol. The van der Waals surface area contributed by atoms with E-state index in [0.29, 0.717) is 17.9 Å². The topological polar surface area (TPSA) is 40.5 Å². The van der Waals surface area contributed by atoms with E-state index >= 15 is 0 Å². The van der Waals surface area contributed by atoms with Crippen LogP contribution in [0.25, 0.3) is 11.1 Å². The molecule has 0 aromatic heterocycles. The van der Waals surface area contributed by atoms with Crippen LogP contribution in [0.15, 0.2) is 60.7 Å². The fourth-order valence-electron chi connectivity index (χ4n) is 6.22. The van der Waals surface area contributed by atoms with Crippen molar-refractivity contribution in [2.24, 2.45) is 5.92 Å². The second-order valence-corrected chi connectivity index (χ2v) is 11.0. The first-order valence-corrected chi connectivity index (χ1v) is 14.0. The van der Waals surface area contributed by atoms with Crippen molar-refractivity contribution >= 4 is 17.1 Å². The fraction of sp³-hybridized carbons (Fsp3) is 0.382. The first kappa shape index (κ1) is 26.4. The van der Waals surface area contributed by atoms with Gasteiger partial charge in [-0.2, -0.15) is 0 Å². The summed E-state index contributed by atoms with van der Waals surface area (Å²) in [6.07, 6.45) is 5.52. The number of alkyl halides is 1. The predicted octanol–water partition coefficient (Wildman–Crippen LogP) is 7.38. The molecule has 3 aromatic rings. The average Bonchev–Trinajstić information content (AvgIpc) is 3.09. The lowest BCUT2D eigenvalue weighted by Crippen LogP contribution is -2.47. The molecule has 1 fully saturated rings. The number of carbonyl (C=O) groups is 1. The van der Waals surface area contributed by atoms with Crippen molar-refractivity contribution < 1.29 is 14.3 Å². The van der Waals surface area contributed by atoms with Gasteiger partial charge in [0.2, 0.25) is 0 Å². The van der Waals surface area contributed by atoms with Gasteiger partial charge in [0.1, 0.15) is 0 Å². The van der Waals surface area contributed by atoms with E-state index in [1.54, 1.807) is 6.07 Å². The van der Waals surface area contributed by atoms with E-state index in [1.807, 2.05) is 12.1 Å². The number of aryl methyl sites for hydroxylation is 3. The fourth-order valence-corrected chi connectivity index (χ4v) is 6.22. The molecule has 1 saturated heterocycles. The highest BCUT2D eigenvalue weighted by Gasteiger charge is 2.26. The van der Waals surface area contributed by atoms with E-state index in [1.165, 1.54) is 39.0 Å². The van der Waals surface area contributed by atoms with Crippen LogP contribution in [0.2, 0.25) is 0 Å². The molecule has 0 radical (unpaired) electrons. The van der Waals surface area contributed by atoms with Gasteiger partial charge in [0, 0.05) is 19.6 Å². The normalized spacial score (nSPS) is 16.2. The van der Waals surface area contributed by atoms with E-state index in [0.717, 1.165) is 62.9 Å². The summed E-state index contributed by atoms with van der Waals surface area (Å²) >= 11 is 0. The van der Waals surface area contributed by atoms with Crippen molar-refractivity contribution in [1.29, 1.82) is 0 Å². The number of benzene rings is 3. The average molecular weight is 512 g/mol. The second-order valence-electron chi connectivity index (χ2n) is 11.0. The molecule has 1 aliphatic carbocycles. The maximum Gasteiger partial charge on any atom is 0.335 e. The van der Waals surface area contributed by atoms with Gasteiger partial charge in [-0.05, 0) is 114 Å². The summed E-state index contributed by atoms with van der Waals surface area (Å²) in [5.74, 6) is -0.236. The molecule has 1 aliphatic heterocycles. The highest BCUT2D eigenvalue weighted by Crippen LogP contribution is 2.41. The molecule has 0 bridgehead atoms. The third-order valence-corrected chi connectivity index (χ3v) is 8.23. The number of fused-ring (bicyclic) bond motifs is 1. The first-order valence-electron chi connectivity index (χ1n) is 14.0. The Labute approximate surface area is 226 Å². The largest absolute Gasteiger partial charge is 0.478 e. The Morgan fingerprint density at radius 2 is 1.71 bits per heavy atom. The maximum atomic E-state index is 12.5. The van der Waals surface area contributed by atoms with E-state index in [4.69, 9.17) is 0 Å². The van der Waals surface area contributed by atoms with Crippen molar-refractivity contribution in [2.75, 3.05) is 26.3 Å². The summed E-state index contributed by atoms with van der Waals surface area (Å²) in [5.41, 5.74) is 11.7. The zero-order valence-electron chi connectivity index (χ0n) is 22.6. The monoisotopic (exact) mass is 511 g/mol. The van der Waals surface area contributed by atoms with Gasteiger partial charge in [-0.3, -0.25) is 4.39 Å². The Morgan fingerprint density at radius 3 is 2.39 bits per heavy atom. The summed E-state index contributed by atoms with van der Waals surface area (Å²) in [4.78, 5) is 14.1. The molecule has 38 heavy (non-hydrogen) atoms. The number of nitrogens with zero attached hydrogens (tertiary/aromatic N) is 1. The van der Waals surface area contributed by atoms with Crippen molar-refractivity contribution in [3.05, 3.63) is 105 Å². The zero-order valence-corrected chi connectivity index (χ0v) is 22.6. The van der Waals surface area contributed by atoms with Crippen molar-refractivity contribution in [3.63, 3.8) is 0 Å². The molecule has 5 rings (SSSR count). The van der Waals surface area contributed by atoms with Gasteiger partial charge in [0.05, 0.1) is 12.2 Å². The number of rotatable bonds is 9. The minimum atomic E-state index is -0.877. The van der Waals surface area contributed by atoms with Crippen LogP contribution in [-0.2, 0) is 19.3 Å².